The summed E-state index contributed by atoms with van der Waals surface area (Å²) in [5.74, 6) is -0.301. The number of imidazole rings is 1. The van der Waals surface area contributed by atoms with Crippen LogP contribution >= 0.6 is 0 Å². The van der Waals surface area contributed by atoms with E-state index in [1.807, 2.05) is 17.7 Å². The van der Waals surface area contributed by atoms with Crippen LogP contribution in [0.2, 0.25) is 0 Å². The topological polar surface area (TPSA) is 90.0 Å². The van der Waals surface area contributed by atoms with E-state index in [0.717, 1.165) is 0 Å². The van der Waals surface area contributed by atoms with E-state index in [2.05, 4.69) is 10.3 Å². The molecule has 94 valence electrons. The first-order chi connectivity index (χ1) is 8.08. The van der Waals surface area contributed by atoms with Crippen molar-refractivity contribution in [2.75, 3.05) is 6.54 Å². The number of nitrogens with one attached hydrogen (secondary N) is 1. The van der Waals surface area contributed by atoms with E-state index in [-0.39, 0.29) is 17.7 Å². The highest BCUT2D eigenvalue weighted by atomic mass is 16.2. The smallest absolute Gasteiger partial charge is 0.221 e. The summed E-state index contributed by atoms with van der Waals surface area (Å²) in [5, 5.41) is 2.77. The number of rotatable bonds is 7. The van der Waals surface area contributed by atoms with Crippen LogP contribution in [0.1, 0.15) is 19.8 Å². The lowest BCUT2D eigenvalue weighted by atomic mass is 10.1. The zero-order chi connectivity index (χ0) is 12.7. The standard InChI is InChI=1S/C11H18N4O2/c1-9(6-10(12)16)7-14-11(17)2-4-15-5-3-13-8-15/h3,5,8-9H,2,4,6-7H2,1H3,(H2,12,16)(H,14,17)/t9-/m0/s1. The summed E-state index contributed by atoms with van der Waals surface area (Å²) in [7, 11) is 0. The molecule has 0 aliphatic rings. The SMILES string of the molecule is C[C@H](CNC(=O)CCn1ccnc1)CC(N)=O. The minimum atomic E-state index is -0.342. The van der Waals surface area contributed by atoms with Gasteiger partial charge in [0.25, 0.3) is 0 Å². The largest absolute Gasteiger partial charge is 0.370 e. The Morgan fingerprint density at radius 3 is 2.88 bits per heavy atom. The van der Waals surface area contributed by atoms with Gasteiger partial charge in [-0.05, 0) is 5.92 Å². The van der Waals surface area contributed by atoms with Crippen LogP contribution in [0, 0.1) is 5.92 Å². The quantitative estimate of drug-likeness (QED) is 0.695. The molecule has 0 aliphatic heterocycles. The van der Waals surface area contributed by atoms with E-state index in [4.69, 9.17) is 5.73 Å². The van der Waals surface area contributed by atoms with Crippen molar-refractivity contribution in [1.29, 1.82) is 0 Å². The Morgan fingerprint density at radius 2 is 2.29 bits per heavy atom. The molecule has 3 N–H and O–H groups in total. The van der Waals surface area contributed by atoms with Crippen molar-refractivity contribution in [1.82, 2.24) is 14.9 Å². The number of carbonyl (C=O) groups excluding carboxylic acids is 2. The zero-order valence-corrected chi connectivity index (χ0v) is 9.93. The first-order valence-corrected chi connectivity index (χ1v) is 5.58. The van der Waals surface area contributed by atoms with Crippen LogP contribution in [-0.2, 0) is 16.1 Å². The van der Waals surface area contributed by atoms with E-state index in [0.29, 0.717) is 25.9 Å². The summed E-state index contributed by atoms with van der Waals surface area (Å²) >= 11 is 0. The molecule has 0 aromatic carbocycles. The van der Waals surface area contributed by atoms with E-state index < -0.39 is 0 Å². The Balaban J connectivity index is 2.15. The molecule has 1 aromatic heterocycles. The summed E-state index contributed by atoms with van der Waals surface area (Å²) in [6.07, 6.45) is 5.85. The molecule has 0 saturated heterocycles. The van der Waals surface area contributed by atoms with E-state index in [1.54, 1.807) is 12.5 Å². The number of nitrogens with two attached hydrogens (primary N) is 1. The second kappa shape index (κ2) is 6.67. The highest BCUT2D eigenvalue weighted by molar-refractivity contribution is 5.76. The summed E-state index contributed by atoms with van der Waals surface area (Å²) in [6, 6.07) is 0. The molecular formula is C11H18N4O2. The number of hydrogen-bond donors (Lipinski definition) is 2. The van der Waals surface area contributed by atoms with Crippen LogP contribution in [0.5, 0.6) is 0 Å². The lowest BCUT2D eigenvalue weighted by molar-refractivity contribution is -0.122. The van der Waals surface area contributed by atoms with Gasteiger partial charge >= 0.3 is 0 Å². The molecule has 0 radical (unpaired) electrons. The van der Waals surface area contributed by atoms with Gasteiger partial charge in [-0.2, -0.15) is 0 Å². The summed E-state index contributed by atoms with van der Waals surface area (Å²) in [4.78, 5) is 26.0. The van der Waals surface area contributed by atoms with E-state index in [9.17, 15) is 9.59 Å². The lowest BCUT2D eigenvalue weighted by Gasteiger charge is -2.10. The van der Waals surface area contributed by atoms with Crippen LogP contribution in [0.25, 0.3) is 0 Å². The van der Waals surface area contributed by atoms with Crippen LogP contribution in [-0.4, -0.2) is 27.9 Å². The summed E-state index contributed by atoms with van der Waals surface area (Å²) in [5.41, 5.74) is 5.06. The summed E-state index contributed by atoms with van der Waals surface area (Å²) < 4.78 is 1.84. The van der Waals surface area contributed by atoms with Crippen molar-refractivity contribution in [2.45, 2.75) is 26.3 Å². The minimum absolute atomic E-state index is 0.0324. The fraction of sp³-hybridized carbons (Fsp3) is 0.545. The fourth-order valence-electron chi connectivity index (χ4n) is 1.44. The third-order valence-corrected chi connectivity index (χ3v) is 2.35. The third-order valence-electron chi connectivity index (χ3n) is 2.35. The number of hydrogen-bond acceptors (Lipinski definition) is 3. The molecule has 2 amide bonds. The van der Waals surface area contributed by atoms with E-state index >= 15 is 0 Å². The van der Waals surface area contributed by atoms with E-state index in [1.165, 1.54) is 0 Å². The number of aryl methyl sites for hydroxylation is 1. The Labute approximate surface area is 100 Å². The molecule has 0 spiro atoms. The molecule has 1 atom stereocenters. The summed E-state index contributed by atoms with van der Waals surface area (Å²) in [6.45, 7) is 2.96. The molecule has 17 heavy (non-hydrogen) atoms. The molecule has 1 heterocycles. The van der Waals surface area contributed by atoms with Gasteiger partial charge in [0, 0.05) is 38.3 Å². The zero-order valence-electron chi connectivity index (χ0n) is 9.93. The molecule has 6 heteroatoms. The van der Waals surface area contributed by atoms with Gasteiger partial charge in [-0.1, -0.05) is 6.92 Å². The molecule has 0 bridgehead atoms. The van der Waals surface area contributed by atoms with Crippen LogP contribution < -0.4 is 11.1 Å². The normalized spacial score (nSPS) is 12.1. The molecule has 1 aromatic rings. The third kappa shape index (κ3) is 5.70. The number of nitrogens with zero attached hydrogens (tertiary/aromatic N) is 2. The number of carbonyl (C=O) groups is 2. The maximum atomic E-state index is 11.5. The number of aromatic nitrogens is 2. The van der Waals surface area contributed by atoms with Gasteiger partial charge in [0.1, 0.15) is 0 Å². The number of primary amides is 1. The van der Waals surface area contributed by atoms with Gasteiger partial charge in [-0.15, -0.1) is 0 Å². The maximum absolute atomic E-state index is 11.5. The van der Waals surface area contributed by atoms with Gasteiger partial charge in [0.2, 0.25) is 11.8 Å². The van der Waals surface area contributed by atoms with Crippen molar-refractivity contribution >= 4 is 11.8 Å². The second-order valence-electron chi connectivity index (χ2n) is 4.13. The molecular weight excluding hydrogens is 220 g/mol. The molecule has 1 rings (SSSR count). The molecule has 0 fully saturated rings. The average molecular weight is 238 g/mol. The van der Waals surface area contributed by atoms with Crippen molar-refractivity contribution in [3.05, 3.63) is 18.7 Å². The van der Waals surface area contributed by atoms with Gasteiger partial charge in [0.15, 0.2) is 0 Å². The fourth-order valence-corrected chi connectivity index (χ4v) is 1.44. The van der Waals surface area contributed by atoms with Crippen LogP contribution in [0.4, 0.5) is 0 Å². The molecule has 6 nitrogen and oxygen atoms in total. The predicted octanol–water partition coefficient (Wildman–Crippen LogP) is -0.0991. The molecule has 0 aliphatic carbocycles. The average Bonchev–Trinajstić information content (AvgIpc) is 2.75. The van der Waals surface area contributed by atoms with Gasteiger partial charge < -0.3 is 15.6 Å². The van der Waals surface area contributed by atoms with Crippen LogP contribution in [0.15, 0.2) is 18.7 Å². The molecule has 0 unspecified atom stereocenters. The van der Waals surface area contributed by atoms with Gasteiger partial charge in [-0.3, -0.25) is 9.59 Å². The van der Waals surface area contributed by atoms with Crippen molar-refractivity contribution in [3.63, 3.8) is 0 Å². The minimum Gasteiger partial charge on any atom is -0.370 e. The van der Waals surface area contributed by atoms with Crippen molar-refractivity contribution < 1.29 is 9.59 Å². The highest BCUT2D eigenvalue weighted by Crippen LogP contribution is 1.99. The Hall–Kier alpha value is -1.85. The van der Waals surface area contributed by atoms with Crippen molar-refractivity contribution in [2.24, 2.45) is 11.7 Å². The van der Waals surface area contributed by atoms with Gasteiger partial charge in [-0.25, -0.2) is 4.98 Å². The van der Waals surface area contributed by atoms with Crippen LogP contribution in [0.3, 0.4) is 0 Å². The highest BCUT2D eigenvalue weighted by Gasteiger charge is 2.08. The Kier molecular flexibility index (Phi) is 5.19. The Morgan fingerprint density at radius 1 is 1.53 bits per heavy atom. The maximum Gasteiger partial charge on any atom is 0.221 e. The Bertz CT molecular complexity index is 362. The van der Waals surface area contributed by atoms with Gasteiger partial charge in [0.05, 0.1) is 6.33 Å². The predicted molar refractivity (Wildman–Crippen MR) is 62.8 cm³/mol. The van der Waals surface area contributed by atoms with Crippen molar-refractivity contribution in [3.8, 4) is 0 Å². The second-order valence-corrected chi connectivity index (χ2v) is 4.13. The number of amides is 2. The molecule has 0 saturated carbocycles. The monoisotopic (exact) mass is 238 g/mol. The lowest BCUT2D eigenvalue weighted by Crippen LogP contribution is -2.30. The first kappa shape index (κ1) is 13.2. The first-order valence-electron chi connectivity index (χ1n) is 5.58.